The molecule has 7 nitrogen and oxygen atoms in total. The van der Waals surface area contributed by atoms with E-state index in [1.54, 1.807) is 32.0 Å². The number of epoxide rings is 1. The maximum absolute atomic E-state index is 13.1. The average molecular weight is 456 g/mol. The van der Waals surface area contributed by atoms with Gasteiger partial charge in [-0.05, 0) is 25.5 Å². The minimum Gasteiger partial charge on any atom is -0.466 e. The molecular weight excluding hydrogens is 433 g/mol. The van der Waals surface area contributed by atoms with E-state index in [4.69, 9.17) is 42.1 Å². The van der Waals surface area contributed by atoms with Crippen molar-refractivity contribution in [3.05, 3.63) is 56.3 Å². The van der Waals surface area contributed by atoms with Crippen LogP contribution in [0.2, 0.25) is 10.0 Å². The van der Waals surface area contributed by atoms with Crippen LogP contribution in [0, 0.1) is 0 Å². The fourth-order valence-corrected chi connectivity index (χ4v) is 4.05. The van der Waals surface area contributed by atoms with Crippen LogP contribution in [0.3, 0.4) is 0 Å². The predicted molar refractivity (Wildman–Crippen MR) is 111 cm³/mol. The van der Waals surface area contributed by atoms with Crippen molar-refractivity contribution in [1.29, 1.82) is 0 Å². The number of carbonyl (C=O) groups is 2. The summed E-state index contributed by atoms with van der Waals surface area (Å²) in [7, 11) is 2.80. The fraction of sp³-hybridized carbons (Fsp3) is 0.429. The van der Waals surface area contributed by atoms with Gasteiger partial charge in [-0.15, -0.1) is 0 Å². The summed E-state index contributed by atoms with van der Waals surface area (Å²) in [5.41, 5.74) is 1.89. The van der Waals surface area contributed by atoms with Crippen molar-refractivity contribution in [3.63, 3.8) is 0 Å². The summed E-state index contributed by atoms with van der Waals surface area (Å²) in [6.07, 6.45) is -0.774. The normalized spacial score (nSPS) is 21.8. The summed E-state index contributed by atoms with van der Waals surface area (Å²) in [5.74, 6) is -2.06. The van der Waals surface area contributed by atoms with E-state index in [0.29, 0.717) is 28.6 Å². The van der Waals surface area contributed by atoms with Crippen LogP contribution in [0.4, 0.5) is 0 Å². The molecular formula is C21H23Cl2NO6. The molecule has 2 aliphatic rings. The third-order valence-electron chi connectivity index (χ3n) is 5.02. The lowest BCUT2D eigenvalue weighted by Gasteiger charge is -2.34. The molecule has 9 heteroatoms. The molecule has 0 amide bonds. The van der Waals surface area contributed by atoms with E-state index in [2.05, 4.69) is 5.32 Å². The molecule has 0 radical (unpaired) electrons. The van der Waals surface area contributed by atoms with E-state index >= 15 is 0 Å². The van der Waals surface area contributed by atoms with Gasteiger partial charge >= 0.3 is 11.9 Å². The number of carbonyl (C=O) groups excluding carboxylic acids is 2. The molecule has 1 fully saturated rings. The lowest BCUT2D eigenvalue weighted by Crippen LogP contribution is -2.39. The monoisotopic (exact) mass is 455 g/mol. The number of nitrogens with one attached hydrogen (secondary N) is 1. The van der Waals surface area contributed by atoms with Gasteiger partial charge in [0.05, 0.1) is 53.1 Å². The molecule has 162 valence electrons. The Hall–Kier alpha value is -2.06. The first kappa shape index (κ1) is 22.6. The summed E-state index contributed by atoms with van der Waals surface area (Å²) < 4.78 is 21.4. The zero-order valence-corrected chi connectivity index (χ0v) is 18.6. The number of benzene rings is 1. The zero-order valence-electron chi connectivity index (χ0n) is 17.1. The number of methoxy groups -OCH3 is 2. The molecule has 2 aliphatic heterocycles. The molecule has 0 bridgehead atoms. The first-order valence-electron chi connectivity index (χ1n) is 9.41. The van der Waals surface area contributed by atoms with Crippen molar-refractivity contribution < 1.29 is 28.5 Å². The van der Waals surface area contributed by atoms with Gasteiger partial charge < -0.3 is 24.3 Å². The maximum atomic E-state index is 13.1. The molecule has 1 N–H and O–H groups in total. The summed E-state index contributed by atoms with van der Waals surface area (Å²) in [4.78, 5) is 25.9. The van der Waals surface area contributed by atoms with Crippen LogP contribution in [-0.2, 0) is 28.5 Å². The first-order valence-corrected chi connectivity index (χ1v) is 10.2. The minimum absolute atomic E-state index is 0.152. The fourth-order valence-electron chi connectivity index (χ4n) is 3.64. The Bertz CT molecular complexity index is 922. The van der Waals surface area contributed by atoms with Crippen LogP contribution in [0.25, 0.3) is 0 Å². The molecule has 3 rings (SSSR count). The van der Waals surface area contributed by atoms with Crippen LogP contribution in [0.5, 0.6) is 0 Å². The van der Waals surface area contributed by atoms with E-state index in [9.17, 15) is 9.59 Å². The van der Waals surface area contributed by atoms with Gasteiger partial charge in [-0.1, -0.05) is 35.3 Å². The van der Waals surface area contributed by atoms with Crippen molar-refractivity contribution in [2.45, 2.75) is 32.0 Å². The van der Waals surface area contributed by atoms with E-state index in [0.717, 1.165) is 0 Å². The number of ether oxygens (including phenoxy) is 4. The Morgan fingerprint density at radius 2 is 1.93 bits per heavy atom. The second-order valence-electron chi connectivity index (χ2n) is 6.81. The highest BCUT2D eigenvalue weighted by atomic mass is 35.5. The maximum Gasteiger partial charge on any atom is 0.336 e. The topological polar surface area (TPSA) is 86.4 Å². The lowest BCUT2D eigenvalue weighted by atomic mass is 9.79. The number of hydrogen-bond acceptors (Lipinski definition) is 7. The summed E-state index contributed by atoms with van der Waals surface area (Å²) >= 11 is 12.8. The standard InChI is InChI=1S/C21H23Cl2NO6/c1-5-29-21(26)16-15(11-7-6-8-12(22)17(11)23)14(20(25)28-4)10(2)24-18(16)19(27-3)13-9-30-13/h6-8,13,15,19,24H,5,9H2,1-4H3. The van der Waals surface area contributed by atoms with E-state index in [1.807, 2.05) is 0 Å². The van der Waals surface area contributed by atoms with Crippen LogP contribution in [0.15, 0.2) is 40.7 Å². The van der Waals surface area contributed by atoms with Gasteiger partial charge in [0.25, 0.3) is 0 Å². The SMILES string of the molecule is CCOC(=O)C1=C(C(OC)C2CO2)NC(C)=C(C(=O)OC)C1c1cccc(Cl)c1Cl. The Balaban J connectivity index is 2.30. The molecule has 3 atom stereocenters. The third kappa shape index (κ3) is 4.21. The van der Waals surface area contributed by atoms with Gasteiger partial charge in [-0.3, -0.25) is 0 Å². The van der Waals surface area contributed by atoms with Gasteiger partial charge in [-0.2, -0.15) is 0 Å². The van der Waals surface area contributed by atoms with Crippen LogP contribution in [0.1, 0.15) is 25.3 Å². The number of dihydropyridines is 1. The van der Waals surface area contributed by atoms with Crippen molar-refractivity contribution in [1.82, 2.24) is 5.32 Å². The zero-order chi connectivity index (χ0) is 22.0. The Morgan fingerprint density at radius 3 is 2.50 bits per heavy atom. The highest BCUT2D eigenvalue weighted by Crippen LogP contribution is 2.45. The number of halogens is 2. The number of allylic oxidation sites excluding steroid dienone is 1. The molecule has 1 saturated heterocycles. The largest absolute Gasteiger partial charge is 0.466 e. The lowest BCUT2D eigenvalue weighted by molar-refractivity contribution is -0.139. The van der Waals surface area contributed by atoms with Crippen molar-refractivity contribution in [3.8, 4) is 0 Å². The molecule has 3 unspecified atom stereocenters. The van der Waals surface area contributed by atoms with Gasteiger partial charge in [0, 0.05) is 12.8 Å². The molecule has 1 aromatic rings. The number of rotatable bonds is 7. The van der Waals surface area contributed by atoms with Gasteiger partial charge in [-0.25, -0.2) is 9.59 Å². The molecule has 30 heavy (non-hydrogen) atoms. The summed E-state index contributed by atoms with van der Waals surface area (Å²) in [5, 5.41) is 3.69. The number of hydrogen-bond donors (Lipinski definition) is 1. The first-order chi connectivity index (χ1) is 14.3. The third-order valence-corrected chi connectivity index (χ3v) is 5.86. The minimum atomic E-state index is -0.865. The van der Waals surface area contributed by atoms with Crippen LogP contribution < -0.4 is 5.32 Å². The molecule has 0 aromatic heterocycles. The molecule has 2 heterocycles. The highest BCUT2D eigenvalue weighted by molar-refractivity contribution is 6.42. The van der Waals surface area contributed by atoms with E-state index < -0.39 is 24.0 Å². The molecule has 0 saturated carbocycles. The van der Waals surface area contributed by atoms with Crippen LogP contribution >= 0.6 is 23.2 Å². The second-order valence-corrected chi connectivity index (χ2v) is 7.59. The van der Waals surface area contributed by atoms with Crippen molar-refractivity contribution in [2.24, 2.45) is 0 Å². The van der Waals surface area contributed by atoms with Crippen LogP contribution in [-0.4, -0.2) is 51.6 Å². The summed E-state index contributed by atoms with van der Waals surface area (Å²) in [6.45, 7) is 4.07. The van der Waals surface area contributed by atoms with Gasteiger partial charge in [0.1, 0.15) is 12.2 Å². The van der Waals surface area contributed by atoms with E-state index in [-0.39, 0.29) is 28.9 Å². The van der Waals surface area contributed by atoms with Gasteiger partial charge in [0.15, 0.2) is 0 Å². The Kier molecular flexibility index (Phi) is 7.08. The molecule has 0 spiro atoms. The average Bonchev–Trinajstić information content (AvgIpc) is 3.55. The number of esters is 2. The Morgan fingerprint density at radius 1 is 1.23 bits per heavy atom. The summed E-state index contributed by atoms with van der Waals surface area (Å²) in [6, 6.07) is 5.05. The molecule has 0 aliphatic carbocycles. The van der Waals surface area contributed by atoms with Crippen molar-refractivity contribution in [2.75, 3.05) is 27.4 Å². The quantitative estimate of drug-likeness (QED) is 0.498. The van der Waals surface area contributed by atoms with Crippen molar-refractivity contribution >= 4 is 35.1 Å². The Labute approximate surface area is 184 Å². The second kappa shape index (κ2) is 9.39. The smallest absolute Gasteiger partial charge is 0.336 e. The molecule has 1 aromatic carbocycles. The highest BCUT2D eigenvalue weighted by Gasteiger charge is 2.45. The van der Waals surface area contributed by atoms with E-state index in [1.165, 1.54) is 14.2 Å². The predicted octanol–water partition coefficient (Wildman–Crippen LogP) is 3.36. The van der Waals surface area contributed by atoms with Gasteiger partial charge in [0.2, 0.25) is 0 Å².